The van der Waals surface area contributed by atoms with Crippen molar-refractivity contribution in [3.63, 3.8) is 0 Å². The maximum absolute atomic E-state index is 9.18. The molecule has 16 heavy (non-hydrogen) atoms. The van der Waals surface area contributed by atoms with E-state index in [1.54, 1.807) is 0 Å². The standard InChI is InChI=1S/C11H24N2O3/c1-9(13-11(2,7-14)8-15)5-10-6-16-4-3-12-10/h9-10,12-15H,3-8H2,1-2H3. The van der Waals surface area contributed by atoms with Gasteiger partial charge in [0.05, 0.1) is 32.0 Å². The number of hydrogen-bond donors (Lipinski definition) is 4. The molecule has 4 N–H and O–H groups in total. The molecule has 0 aromatic rings. The van der Waals surface area contributed by atoms with E-state index in [2.05, 4.69) is 17.6 Å². The molecule has 1 aliphatic heterocycles. The predicted octanol–water partition coefficient (Wildman–Crippen LogP) is -0.914. The van der Waals surface area contributed by atoms with Gasteiger partial charge in [0.2, 0.25) is 0 Å². The average molecular weight is 232 g/mol. The normalized spacial score (nSPS) is 24.4. The molecule has 2 atom stereocenters. The van der Waals surface area contributed by atoms with Crippen molar-refractivity contribution in [2.24, 2.45) is 0 Å². The van der Waals surface area contributed by atoms with Crippen LogP contribution in [0.2, 0.25) is 0 Å². The molecule has 1 rings (SSSR count). The van der Waals surface area contributed by atoms with Crippen LogP contribution in [0.3, 0.4) is 0 Å². The van der Waals surface area contributed by atoms with Gasteiger partial charge in [-0.1, -0.05) is 0 Å². The smallest absolute Gasteiger partial charge is 0.0633 e. The Bertz CT molecular complexity index is 192. The zero-order chi connectivity index (χ0) is 12.0. The molecule has 1 heterocycles. The van der Waals surface area contributed by atoms with E-state index in [0.29, 0.717) is 6.04 Å². The van der Waals surface area contributed by atoms with E-state index in [1.807, 2.05) is 6.92 Å². The number of hydrogen-bond acceptors (Lipinski definition) is 5. The molecule has 5 heteroatoms. The minimum Gasteiger partial charge on any atom is -0.394 e. The lowest BCUT2D eigenvalue weighted by atomic mass is 10.0. The van der Waals surface area contributed by atoms with E-state index in [1.165, 1.54) is 0 Å². The van der Waals surface area contributed by atoms with Crippen molar-refractivity contribution in [2.45, 2.75) is 37.9 Å². The Hall–Kier alpha value is -0.200. The number of ether oxygens (including phenoxy) is 1. The second kappa shape index (κ2) is 6.51. The van der Waals surface area contributed by atoms with Crippen LogP contribution in [0.1, 0.15) is 20.3 Å². The predicted molar refractivity (Wildman–Crippen MR) is 62.4 cm³/mol. The van der Waals surface area contributed by atoms with Crippen LogP contribution in [-0.2, 0) is 4.74 Å². The van der Waals surface area contributed by atoms with Crippen LogP contribution in [0.25, 0.3) is 0 Å². The summed E-state index contributed by atoms with van der Waals surface area (Å²) in [6.07, 6.45) is 0.926. The van der Waals surface area contributed by atoms with Crippen LogP contribution >= 0.6 is 0 Å². The van der Waals surface area contributed by atoms with Crippen LogP contribution in [0.5, 0.6) is 0 Å². The largest absolute Gasteiger partial charge is 0.394 e. The molecule has 96 valence electrons. The lowest BCUT2D eigenvalue weighted by molar-refractivity contribution is 0.0622. The SMILES string of the molecule is CC(CC1COCCN1)NC(C)(CO)CO. The molecule has 0 radical (unpaired) electrons. The number of rotatable bonds is 6. The van der Waals surface area contributed by atoms with Gasteiger partial charge in [0.25, 0.3) is 0 Å². The summed E-state index contributed by atoms with van der Waals surface area (Å²) in [5, 5.41) is 25.0. The zero-order valence-electron chi connectivity index (χ0n) is 10.2. The van der Waals surface area contributed by atoms with Gasteiger partial charge in [0, 0.05) is 18.6 Å². The molecule has 0 aliphatic carbocycles. The van der Waals surface area contributed by atoms with E-state index in [4.69, 9.17) is 4.74 Å². The highest BCUT2D eigenvalue weighted by molar-refractivity contribution is 4.86. The Morgan fingerprint density at radius 2 is 2.19 bits per heavy atom. The van der Waals surface area contributed by atoms with Crippen molar-refractivity contribution in [3.05, 3.63) is 0 Å². The Morgan fingerprint density at radius 3 is 2.69 bits per heavy atom. The van der Waals surface area contributed by atoms with Crippen molar-refractivity contribution in [1.29, 1.82) is 0 Å². The molecule has 0 spiro atoms. The third-order valence-corrected chi connectivity index (χ3v) is 2.93. The molecule has 2 unspecified atom stereocenters. The van der Waals surface area contributed by atoms with Gasteiger partial charge in [-0.2, -0.15) is 0 Å². The average Bonchev–Trinajstić information content (AvgIpc) is 2.30. The summed E-state index contributed by atoms with van der Waals surface area (Å²) in [6, 6.07) is 0.585. The number of aliphatic hydroxyl groups is 2. The summed E-state index contributed by atoms with van der Waals surface area (Å²) in [4.78, 5) is 0. The van der Waals surface area contributed by atoms with E-state index >= 15 is 0 Å². The molecule has 0 amide bonds. The van der Waals surface area contributed by atoms with Crippen LogP contribution in [-0.4, -0.2) is 60.8 Å². The molecular formula is C11H24N2O3. The Labute approximate surface area is 97.2 Å². The second-order valence-corrected chi connectivity index (χ2v) is 4.88. The molecule has 0 aromatic heterocycles. The first kappa shape index (κ1) is 13.9. The fraction of sp³-hybridized carbons (Fsp3) is 1.00. The molecular weight excluding hydrogens is 208 g/mol. The Kier molecular flexibility index (Phi) is 5.64. The highest BCUT2D eigenvalue weighted by Gasteiger charge is 2.25. The lowest BCUT2D eigenvalue weighted by Crippen LogP contribution is -2.54. The van der Waals surface area contributed by atoms with Crippen LogP contribution in [0.15, 0.2) is 0 Å². The van der Waals surface area contributed by atoms with Gasteiger partial charge in [-0.15, -0.1) is 0 Å². The second-order valence-electron chi connectivity index (χ2n) is 4.88. The van der Waals surface area contributed by atoms with Gasteiger partial charge in [0.1, 0.15) is 0 Å². The van der Waals surface area contributed by atoms with Crippen molar-refractivity contribution >= 4 is 0 Å². The van der Waals surface area contributed by atoms with Gasteiger partial charge < -0.3 is 25.6 Å². The number of nitrogens with one attached hydrogen (secondary N) is 2. The molecule has 5 nitrogen and oxygen atoms in total. The van der Waals surface area contributed by atoms with Crippen molar-refractivity contribution < 1.29 is 14.9 Å². The maximum atomic E-state index is 9.18. The number of morpholine rings is 1. The van der Waals surface area contributed by atoms with Crippen molar-refractivity contribution in [2.75, 3.05) is 33.0 Å². The summed E-state index contributed by atoms with van der Waals surface area (Å²) in [7, 11) is 0. The molecule has 1 aliphatic rings. The minimum absolute atomic E-state index is 0.0670. The van der Waals surface area contributed by atoms with Crippen molar-refractivity contribution in [3.8, 4) is 0 Å². The van der Waals surface area contributed by atoms with Gasteiger partial charge >= 0.3 is 0 Å². The van der Waals surface area contributed by atoms with Gasteiger partial charge in [-0.05, 0) is 20.3 Å². The van der Waals surface area contributed by atoms with Crippen molar-refractivity contribution in [1.82, 2.24) is 10.6 Å². The van der Waals surface area contributed by atoms with Crippen LogP contribution in [0, 0.1) is 0 Å². The fourth-order valence-corrected chi connectivity index (χ4v) is 1.99. The lowest BCUT2D eigenvalue weighted by Gasteiger charge is -2.33. The maximum Gasteiger partial charge on any atom is 0.0633 e. The molecule has 1 saturated heterocycles. The third kappa shape index (κ3) is 4.35. The Balaban J connectivity index is 2.30. The highest BCUT2D eigenvalue weighted by Crippen LogP contribution is 2.08. The fourth-order valence-electron chi connectivity index (χ4n) is 1.99. The minimum atomic E-state index is -0.602. The highest BCUT2D eigenvalue weighted by atomic mass is 16.5. The summed E-state index contributed by atoms with van der Waals surface area (Å²) in [5.74, 6) is 0. The van der Waals surface area contributed by atoms with Crippen LogP contribution < -0.4 is 10.6 Å². The Morgan fingerprint density at radius 1 is 1.50 bits per heavy atom. The monoisotopic (exact) mass is 232 g/mol. The first-order valence-corrected chi connectivity index (χ1v) is 5.90. The van der Waals surface area contributed by atoms with Gasteiger partial charge in [-0.3, -0.25) is 0 Å². The van der Waals surface area contributed by atoms with E-state index in [0.717, 1.165) is 26.2 Å². The van der Waals surface area contributed by atoms with E-state index < -0.39 is 5.54 Å². The quantitative estimate of drug-likeness (QED) is 0.477. The summed E-state index contributed by atoms with van der Waals surface area (Å²) >= 11 is 0. The summed E-state index contributed by atoms with van der Waals surface area (Å²) in [5.41, 5.74) is -0.602. The van der Waals surface area contributed by atoms with E-state index in [-0.39, 0.29) is 19.3 Å². The first-order valence-electron chi connectivity index (χ1n) is 5.90. The molecule has 0 aromatic carbocycles. The third-order valence-electron chi connectivity index (χ3n) is 2.93. The zero-order valence-corrected chi connectivity index (χ0v) is 10.2. The molecule has 1 fully saturated rings. The summed E-state index contributed by atoms with van der Waals surface area (Å²) in [6.45, 7) is 6.15. The topological polar surface area (TPSA) is 73.8 Å². The van der Waals surface area contributed by atoms with E-state index in [9.17, 15) is 10.2 Å². The van der Waals surface area contributed by atoms with Gasteiger partial charge in [0.15, 0.2) is 0 Å². The first-order chi connectivity index (χ1) is 7.59. The number of aliphatic hydroxyl groups excluding tert-OH is 2. The van der Waals surface area contributed by atoms with Gasteiger partial charge in [-0.25, -0.2) is 0 Å². The molecule has 0 bridgehead atoms. The summed E-state index contributed by atoms with van der Waals surface area (Å²) < 4.78 is 5.38. The molecule has 0 saturated carbocycles. The van der Waals surface area contributed by atoms with Crippen LogP contribution in [0.4, 0.5) is 0 Å².